The summed E-state index contributed by atoms with van der Waals surface area (Å²) in [6, 6.07) is 9.67. The van der Waals surface area contributed by atoms with E-state index in [0.717, 1.165) is 5.56 Å². The van der Waals surface area contributed by atoms with Gasteiger partial charge in [-0.05, 0) is 26.3 Å². The highest BCUT2D eigenvalue weighted by Crippen LogP contribution is 2.24. The molecule has 1 aromatic rings. The zero-order chi connectivity index (χ0) is 14.0. The molecule has 1 unspecified atom stereocenters. The van der Waals surface area contributed by atoms with Crippen LogP contribution in [0.5, 0.6) is 0 Å². The summed E-state index contributed by atoms with van der Waals surface area (Å²) in [4.78, 5) is 26.2. The molecule has 102 valence electrons. The molecule has 19 heavy (non-hydrogen) atoms. The first-order chi connectivity index (χ1) is 8.94. The second-order valence-corrected chi connectivity index (χ2v) is 5.44. The number of rotatable bonds is 2. The second kappa shape index (κ2) is 5.03. The van der Waals surface area contributed by atoms with E-state index in [-0.39, 0.29) is 17.7 Å². The fourth-order valence-electron chi connectivity index (χ4n) is 2.40. The van der Waals surface area contributed by atoms with E-state index in [9.17, 15) is 9.59 Å². The first-order valence-electron chi connectivity index (χ1n) is 6.59. The van der Waals surface area contributed by atoms with Crippen LogP contribution in [-0.2, 0) is 9.59 Å². The van der Waals surface area contributed by atoms with E-state index in [1.807, 2.05) is 37.3 Å². The van der Waals surface area contributed by atoms with Crippen LogP contribution in [0.4, 0.5) is 0 Å². The molecule has 1 saturated heterocycles. The van der Waals surface area contributed by atoms with Gasteiger partial charge in [-0.15, -0.1) is 0 Å². The summed E-state index contributed by atoms with van der Waals surface area (Å²) in [5.41, 5.74) is 0.201. The maximum absolute atomic E-state index is 12.6. The molecule has 4 nitrogen and oxygen atoms in total. The van der Waals surface area contributed by atoms with Crippen LogP contribution in [0.2, 0.25) is 0 Å². The Morgan fingerprint density at radius 1 is 1.32 bits per heavy atom. The molecule has 2 amide bonds. The van der Waals surface area contributed by atoms with Crippen LogP contribution < -0.4 is 5.32 Å². The van der Waals surface area contributed by atoms with Gasteiger partial charge in [-0.1, -0.05) is 30.3 Å². The lowest BCUT2D eigenvalue weighted by atomic mass is 9.93. The van der Waals surface area contributed by atoms with Crippen LogP contribution in [0.3, 0.4) is 0 Å². The molecule has 0 aromatic heterocycles. The maximum atomic E-state index is 12.6. The summed E-state index contributed by atoms with van der Waals surface area (Å²) >= 11 is 0. The highest BCUT2D eigenvalue weighted by molar-refractivity contribution is 5.93. The topological polar surface area (TPSA) is 49.4 Å². The molecule has 1 heterocycles. The summed E-state index contributed by atoms with van der Waals surface area (Å²) in [6.07, 6.45) is 0. The average molecular weight is 260 g/mol. The van der Waals surface area contributed by atoms with Crippen molar-refractivity contribution in [2.75, 3.05) is 13.1 Å². The van der Waals surface area contributed by atoms with Gasteiger partial charge in [0.25, 0.3) is 0 Å². The predicted octanol–water partition coefficient (Wildman–Crippen LogP) is 1.53. The Labute approximate surface area is 113 Å². The Hall–Kier alpha value is -1.84. The van der Waals surface area contributed by atoms with Crippen molar-refractivity contribution in [2.45, 2.75) is 32.2 Å². The number of nitrogens with zero attached hydrogens (tertiary/aromatic N) is 1. The van der Waals surface area contributed by atoms with E-state index < -0.39 is 5.54 Å². The highest BCUT2D eigenvalue weighted by Gasteiger charge is 2.41. The lowest BCUT2D eigenvalue weighted by Crippen LogP contribution is -2.64. The molecular formula is C15H20N2O2. The zero-order valence-electron chi connectivity index (χ0n) is 11.6. The monoisotopic (exact) mass is 260 g/mol. The van der Waals surface area contributed by atoms with Crippen molar-refractivity contribution in [3.63, 3.8) is 0 Å². The van der Waals surface area contributed by atoms with Gasteiger partial charge in [-0.25, -0.2) is 0 Å². The fraction of sp³-hybridized carbons (Fsp3) is 0.467. The van der Waals surface area contributed by atoms with Crippen molar-refractivity contribution >= 4 is 11.8 Å². The van der Waals surface area contributed by atoms with Gasteiger partial charge < -0.3 is 10.2 Å². The fourth-order valence-corrected chi connectivity index (χ4v) is 2.40. The number of hydrogen-bond acceptors (Lipinski definition) is 2. The van der Waals surface area contributed by atoms with Crippen molar-refractivity contribution in [1.29, 1.82) is 0 Å². The number of carbonyl (C=O) groups excluding carboxylic acids is 2. The Morgan fingerprint density at radius 3 is 2.58 bits per heavy atom. The normalized spacial score (nSPS) is 19.7. The molecule has 0 spiro atoms. The molecule has 1 aromatic carbocycles. The van der Waals surface area contributed by atoms with Gasteiger partial charge in [0.05, 0.1) is 5.92 Å². The summed E-state index contributed by atoms with van der Waals surface area (Å²) < 4.78 is 0. The second-order valence-electron chi connectivity index (χ2n) is 5.44. The van der Waals surface area contributed by atoms with Gasteiger partial charge in [0.15, 0.2) is 0 Å². The summed E-state index contributed by atoms with van der Waals surface area (Å²) in [7, 11) is 0. The number of nitrogens with one attached hydrogen (secondary N) is 1. The van der Waals surface area contributed by atoms with Gasteiger partial charge in [-0.3, -0.25) is 9.59 Å². The molecule has 2 rings (SSSR count). The minimum absolute atomic E-state index is 0.00560. The third kappa shape index (κ3) is 2.48. The van der Waals surface area contributed by atoms with E-state index in [4.69, 9.17) is 0 Å². The van der Waals surface area contributed by atoms with Crippen LogP contribution >= 0.6 is 0 Å². The number of piperazine rings is 1. The highest BCUT2D eigenvalue weighted by atomic mass is 16.2. The standard InChI is InChI=1S/C15H20N2O2/c1-11(12-7-5-4-6-8-12)13(18)17-10-9-16-14(19)15(17,2)3/h4-8,11H,9-10H2,1-3H3,(H,16,19). The molecule has 0 saturated carbocycles. The van der Waals surface area contributed by atoms with Crippen molar-refractivity contribution in [3.8, 4) is 0 Å². The molecule has 1 fully saturated rings. The summed E-state index contributed by atoms with van der Waals surface area (Å²) in [6.45, 7) is 6.55. The van der Waals surface area contributed by atoms with Gasteiger partial charge in [-0.2, -0.15) is 0 Å². The lowest BCUT2D eigenvalue weighted by molar-refractivity contribution is -0.149. The Balaban J connectivity index is 2.22. The van der Waals surface area contributed by atoms with Gasteiger partial charge in [0.2, 0.25) is 11.8 Å². The SMILES string of the molecule is CC(C(=O)N1CCNC(=O)C1(C)C)c1ccccc1. The predicted molar refractivity (Wildman–Crippen MR) is 73.7 cm³/mol. The van der Waals surface area contributed by atoms with Crippen molar-refractivity contribution < 1.29 is 9.59 Å². The quantitative estimate of drug-likeness (QED) is 0.876. The van der Waals surface area contributed by atoms with E-state index in [1.165, 1.54) is 0 Å². The van der Waals surface area contributed by atoms with Crippen molar-refractivity contribution in [2.24, 2.45) is 0 Å². The number of hydrogen-bond donors (Lipinski definition) is 1. The minimum atomic E-state index is -0.779. The van der Waals surface area contributed by atoms with Crippen LogP contribution in [0.15, 0.2) is 30.3 Å². The van der Waals surface area contributed by atoms with E-state index in [1.54, 1.807) is 18.7 Å². The Bertz CT molecular complexity index is 482. The van der Waals surface area contributed by atoms with Crippen LogP contribution in [0, 0.1) is 0 Å². The Kier molecular flexibility index (Phi) is 3.60. The van der Waals surface area contributed by atoms with Crippen LogP contribution in [0.1, 0.15) is 32.3 Å². The molecule has 1 aliphatic rings. The van der Waals surface area contributed by atoms with Gasteiger partial charge in [0.1, 0.15) is 5.54 Å². The number of carbonyl (C=O) groups is 2. The summed E-state index contributed by atoms with van der Waals surface area (Å²) in [5.74, 6) is -0.315. The molecule has 0 aliphatic carbocycles. The van der Waals surface area contributed by atoms with E-state index >= 15 is 0 Å². The van der Waals surface area contributed by atoms with E-state index in [0.29, 0.717) is 13.1 Å². The van der Waals surface area contributed by atoms with E-state index in [2.05, 4.69) is 5.32 Å². The van der Waals surface area contributed by atoms with Crippen molar-refractivity contribution in [3.05, 3.63) is 35.9 Å². The molecule has 4 heteroatoms. The minimum Gasteiger partial charge on any atom is -0.352 e. The first-order valence-corrected chi connectivity index (χ1v) is 6.59. The van der Waals surface area contributed by atoms with Gasteiger partial charge >= 0.3 is 0 Å². The Morgan fingerprint density at radius 2 is 1.95 bits per heavy atom. The molecule has 0 radical (unpaired) electrons. The zero-order valence-corrected chi connectivity index (χ0v) is 11.6. The smallest absolute Gasteiger partial charge is 0.245 e. The third-order valence-electron chi connectivity index (χ3n) is 3.79. The lowest BCUT2D eigenvalue weighted by Gasteiger charge is -2.42. The molecule has 1 atom stereocenters. The maximum Gasteiger partial charge on any atom is 0.245 e. The first kappa shape index (κ1) is 13.6. The third-order valence-corrected chi connectivity index (χ3v) is 3.79. The molecular weight excluding hydrogens is 240 g/mol. The molecule has 1 N–H and O–H groups in total. The van der Waals surface area contributed by atoms with Crippen molar-refractivity contribution in [1.82, 2.24) is 10.2 Å². The number of amides is 2. The molecule has 0 bridgehead atoms. The molecule has 1 aliphatic heterocycles. The van der Waals surface area contributed by atoms with Crippen LogP contribution in [-0.4, -0.2) is 35.3 Å². The summed E-state index contributed by atoms with van der Waals surface area (Å²) in [5, 5.41) is 2.80. The number of benzene rings is 1. The van der Waals surface area contributed by atoms with Gasteiger partial charge in [0, 0.05) is 13.1 Å². The average Bonchev–Trinajstić information content (AvgIpc) is 2.41. The van der Waals surface area contributed by atoms with Crippen LogP contribution in [0.25, 0.3) is 0 Å². The largest absolute Gasteiger partial charge is 0.352 e.